The molecule has 0 saturated carbocycles. The van der Waals surface area contributed by atoms with Gasteiger partial charge in [-0.2, -0.15) is 0 Å². The molecule has 1 N–H and O–H groups in total. The Kier molecular flexibility index (Phi) is 1.22. The van der Waals surface area contributed by atoms with Crippen LogP contribution in [0.5, 0.6) is 0 Å². The Hall–Kier alpha value is -1.76. The van der Waals surface area contributed by atoms with Gasteiger partial charge in [0, 0.05) is 21.8 Å². The molecular weight excluding hydrogens is 159 g/mol. The van der Waals surface area contributed by atoms with Crippen molar-refractivity contribution >= 4 is 21.8 Å². The van der Waals surface area contributed by atoms with Crippen LogP contribution >= 0.6 is 0 Å². The summed E-state index contributed by atoms with van der Waals surface area (Å²) in [7, 11) is 0. The number of hydrogen-bond donors (Lipinski definition) is 1. The molecule has 0 fully saturated rings. The van der Waals surface area contributed by atoms with Gasteiger partial charge in [0.05, 0.1) is 0 Å². The van der Waals surface area contributed by atoms with Crippen LogP contribution in [0.25, 0.3) is 21.8 Å². The first kappa shape index (κ1) is 6.72. The Morgan fingerprint density at radius 2 is 1.08 bits per heavy atom. The number of para-hydroxylation sites is 2. The third-order valence-electron chi connectivity index (χ3n) is 2.41. The minimum Gasteiger partial charge on any atom is -0.355 e. The van der Waals surface area contributed by atoms with E-state index in [0.29, 0.717) is 0 Å². The number of fused-ring (bicyclic) bond motifs is 3. The van der Waals surface area contributed by atoms with Gasteiger partial charge in [0.25, 0.3) is 0 Å². The lowest BCUT2D eigenvalue weighted by molar-refractivity contribution is 1.55. The highest BCUT2D eigenvalue weighted by molar-refractivity contribution is 6.06. The predicted molar refractivity (Wildman–Crippen MR) is 55.8 cm³/mol. The second kappa shape index (κ2) is 2.36. The third-order valence-corrected chi connectivity index (χ3v) is 2.41. The largest absolute Gasteiger partial charge is 0.355 e. The summed E-state index contributed by atoms with van der Waals surface area (Å²) in [6, 6.07) is 16.8. The first-order chi connectivity index (χ1) is 6.45. The summed E-state index contributed by atoms with van der Waals surface area (Å²) in [5.41, 5.74) is 2.42. The van der Waals surface area contributed by atoms with E-state index in [1.54, 1.807) is 0 Å². The van der Waals surface area contributed by atoms with E-state index in [2.05, 4.69) is 53.5 Å². The maximum atomic E-state index is 3.38. The average molecular weight is 168 g/mol. The zero-order valence-electron chi connectivity index (χ0n) is 7.12. The molecular formula is C12H9N. The number of benzene rings is 2. The molecule has 0 amide bonds. The summed E-state index contributed by atoms with van der Waals surface area (Å²) >= 11 is 0. The van der Waals surface area contributed by atoms with Crippen LogP contribution in [0.15, 0.2) is 48.5 Å². The fraction of sp³-hybridized carbons (Fsp3) is 0. The van der Waals surface area contributed by atoms with Crippen molar-refractivity contribution in [1.29, 1.82) is 0 Å². The minimum absolute atomic E-state index is 1.21. The van der Waals surface area contributed by atoms with Gasteiger partial charge in [-0.05, 0) is 12.1 Å². The summed E-state index contributed by atoms with van der Waals surface area (Å²) in [6.45, 7) is 0. The van der Waals surface area contributed by atoms with E-state index in [4.69, 9.17) is 0 Å². The molecule has 0 saturated heterocycles. The number of aromatic amines is 1. The summed E-state index contributed by atoms with van der Waals surface area (Å²) in [6.07, 6.45) is 0. The average Bonchev–Trinajstić information content (AvgIpc) is 2.56. The SMILES string of the molecule is c1ccc2c(c1)[nH]c1[13cH]cccc12. The van der Waals surface area contributed by atoms with Gasteiger partial charge in [-0.1, -0.05) is 36.4 Å². The molecule has 0 aliphatic rings. The van der Waals surface area contributed by atoms with Crippen molar-refractivity contribution in [3.05, 3.63) is 48.5 Å². The predicted octanol–water partition coefficient (Wildman–Crippen LogP) is 3.32. The first-order valence-corrected chi connectivity index (χ1v) is 4.40. The second-order valence-electron chi connectivity index (χ2n) is 3.22. The molecule has 3 aromatic rings. The van der Waals surface area contributed by atoms with E-state index < -0.39 is 0 Å². The molecule has 0 radical (unpaired) electrons. The number of nitrogens with one attached hydrogen (secondary N) is 1. The van der Waals surface area contributed by atoms with Crippen LogP contribution in [0.1, 0.15) is 0 Å². The Bertz CT molecular complexity index is 513. The molecule has 1 aromatic heterocycles. The number of aromatic nitrogens is 1. The quantitative estimate of drug-likeness (QED) is 0.530. The summed E-state index contributed by atoms with van der Waals surface area (Å²) in [5.74, 6) is 0. The van der Waals surface area contributed by atoms with Gasteiger partial charge in [0.15, 0.2) is 0 Å². The van der Waals surface area contributed by atoms with Crippen LogP contribution in [0.2, 0.25) is 0 Å². The summed E-state index contributed by atoms with van der Waals surface area (Å²) in [5, 5.41) is 2.61. The standard InChI is InChI=1S/C12H9N/c1-3-7-11-9(5-1)10-6-2-4-8-12(10)13-11/h1-8,13H/i7+1. The van der Waals surface area contributed by atoms with Crippen molar-refractivity contribution in [2.24, 2.45) is 0 Å². The number of hydrogen-bond acceptors (Lipinski definition) is 0. The monoisotopic (exact) mass is 168 g/mol. The van der Waals surface area contributed by atoms with Crippen LogP contribution in [0.3, 0.4) is 0 Å². The summed E-state index contributed by atoms with van der Waals surface area (Å²) in [4.78, 5) is 3.38. The van der Waals surface area contributed by atoms with Crippen LogP contribution < -0.4 is 0 Å². The molecule has 62 valence electrons. The molecule has 1 heterocycles. The molecule has 1 nitrogen and oxygen atoms in total. The highest BCUT2D eigenvalue weighted by atomic mass is 14.7. The lowest BCUT2D eigenvalue weighted by Gasteiger charge is -1.87. The molecule has 0 aliphatic heterocycles. The van der Waals surface area contributed by atoms with Crippen molar-refractivity contribution in [3.8, 4) is 0 Å². The molecule has 1 heteroatoms. The van der Waals surface area contributed by atoms with Gasteiger partial charge in [0.2, 0.25) is 0 Å². The Labute approximate surface area is 76.0 Å². The van der Waals surface area contributed by atoms with Crippen molar-refractivity contribution < 1.29 is 0 Å². The highest BCUT2D eigenvalue weighted by Crippen LogP contribution is 2.24. The Morgan fingerprint density at radius 3 is 1.62 bits per heavy atom. The maximum absolute atomic E-state index is 3.38. The normalized spacial score (nSPS) is 11.1. The van der Waals surface area contributed by atoms with Crippen LogP contribution in [-0.2, 0) is 0 Å². The van der Waals surface area contributed by atoms with E-state index in [0.717, 1.165) is 0 Å². The molecule has 3 rings (SSSR count). The van der Waals surface area contributed by atoms with E-state index in [-0.39, 0.29) is 0 Å². The smallest absolute Gasteiger partial charge is 0.0464 e. The van der Waals surface area contributed by atoms with Crippen molar-refractivity contribution in [2.75, 3.05) is 0 Å². The third kappa shape index (κ3) is 0.872. The van der Waals surface area contributed by atoms with Gasteiger partial charge >= 0.3 is 0 Å². The Morgan fingerprint density at radius 1 is 0.615 bits per heavy atom. The first-order valence-electron chi connectivity index (χ1n) is 4.40. The Balaban J connectivity index is 2.64. The molecule has 0 atom stereocenters. The van der Waals surface area contributed by atoms with E-state index in [9.17, 15) is 0 Å². The fourth-order valence-corrected chi connectivity index (χ4v) is 1.80. The number of H-pyrrole nitrogens is 1. The van der Waals surface area contributed by atoms with Gasteiger partial charge < -0.3 is 4.98 Å². The zero-order valence-corrected chi connectivity index (χ0v) is 7.12. The van der Waals surface area contributed by atoms with Crippen LogP contribution in [0, 0.1) is 0 Å². The molecule has 0 spiro atoms. The number of rotatable bonds is 0. The van der Waals surface area contributed by atoms with Crippen LogP contribution in [0.4, 0.5) is 0 Å². The van der Waals surface area contributed by atoms with E-state index in [1.807, 2.05) is 0 Å². The second-order valence-corrected chi connectivity index (χ2v) is 3.22. The molecule has 0 unspecified atom stereocenters. The van der Waals surface area contributed by atoms with E-state index in [1.165, 1.54) is 21.8 Å². The van der Waals surface area contributed by atoms with E-state index >= 15 is 0 Å². The molecule has 0 bridgehead atoms. The lowest BCUT2D eigenvalue weighted by atomic mass is 10.2. The maximum Gasteiger partial charge on any atom is 0.0464 e. The minimum atomic E-state index is 1.21. The fourth-order valence-electron chi connectivity index (χ4n) is 1.80. The molecule has 2 aromatic carbocycles. The van der Waals surface area contributed by atoms with Crippen molar-refractivity contribution in [3.63, 3.8) is 0 Å². The van der Waals surface area contributed by atoms with Gasteiger partial charge in [-0.3, -0.25) is 0 Å². The lowest BCUT2D eigenvalue weighted by Crippen LogP contribution is -1.62. The summed E-state index contributed by atoms with van der Waals surface area (Å²) < 4.78 is 0. The van der Waals surface area contributed by atoms with Gasteiger partial charge in [0.1, 0.15) is 0 Å². The van der Waals surface area contributed by atoms with Gasteiger partial charge in [-0.15, -0.1) is 0 Å². The van der Waals surface area contributed by atoms with Crippen molar-refractivity contribution in [1.82, 2.24) is 4.98 Å². The topological polar surface area (TPSA) is 15.8 Å². The highest BCUT2D eigenvalue weighted by Gasteiger charge is 2.00. The zero-order chi connectivity index (χ0) is 8.67. The van der Waals surface area contributed by atoms with Crippen LogP contribution in [-0.4, -0.2) is 4.98 Å². The van der Waals surface area contributed by atoms with Gasteiger partial charge in [-0.25, -0.2) is 0 Å². The van der Waals surface area contributed by atoms with Crippen molar-refractivity contribution in [2.45, 2.75) is 0 Å². The molecule has 0 aliphatic carbocycles. The molecule has 13 heavy (non-hydrogen) atoms.